The van der Waals surface area contributed by atoms with Gasteiger partial charge in [0.25, 0.3) is 0 Å². The van der Waals surface area contributed by atoms with Crippen LogP contribution in [0, 0.1) is 12.8 Å². The SMILES string of the molecule is Cc1cc(SCCC(C)C)ccc1/C(N)=N/O. The summed E-state index contributed by atoms with van der Waals surface area (Å²) in [6.07, 6.45) is 1.21. The highest BCUT2D eigenvalue weighted by atomic mass is 32.2. The van der Waals surface area contributed by atoms with Crippen molar-refractivity contribution < 1.29 is 5.21 Å². The number of hydrogen-bond donors (Lipinski definition) is 2. The molecule has 0 fully saturated rings. The molecule has 0 bridgehead atoms. The number of hydrogen-bond acceptors (Lipinski definition) is 3. The van der Waals surface area contributed by atoms with Gasteiger partial charge < -0.3 is 10.9 Å². The lowest BCUT2D eigenvalue weighted by molar-refractivity contribution is 0.318. The Morgan fingerprint density at radius 2 is 2.18 bits per heavy atom. The molecule has 4 heteroatoms. The zero-order valence-corrected chi connectivity index (χ0v) is 11.4. The third-order valence-corrected chi connectivity index (χ3v) is 3.57. The zero-order chi connectivity index (χ0) is 12.8. The van der Waals surface area contributed by atoms with E-state index in [0.29, 0.717) is 0 Å². The van der Waals surface area contributed by atoms with Gasteiger partial charge in [0.2, 0.25) is 0 Å². The second-order valence-corrected chi connectivity index (χ2v) is 5.66. The fraction of sp³-hybridized carbons (Fsp3) is 0.462. The summed E-state index contributed by atoms with van der Waals surface area (Å²) in [7, 11) is 0. The third kappa shape index (κ3) is 4.30. The van der Waals surface area contributed by atoms with Crippen LogP contribution in [0.2, 0.25) is 0 Å². The number of nitrogens with two attached hydrogens (primary N) is 1. The molecule has 1 aromatic rings. The van der Waals surface area contributed by atoms with E-state index in [1.54, 1.807) is 0 Å². The molecule has 1 aromatic carbocycles. The van der Waals surface area contributed by atoms with Gasteiger partial charge in [-0.3, -0.25) is 0 Å². The Labute approximate surface area is 107 Å². The Kier molecular flexibility index (Phi) is 5.35. The molecule has 0 aliphatic carbocycles. The molecule has 0 atom stereocenters. The lowest BCUT2D eigenvalue weighted by Crippen LogP contribution is -2.14. The minimum atomic E-state index is 0.168. The zero-order valence-electron chi connectivity index (χ0n) is 10.6. The Morgan fingerprint density at radius 3 is 2.71 bits per heavy atom. The van der Waals surface area contributed by atoms with E-state index in [4.69, 9.17) is 10.9 Å². The van der Waals surface area contributed by atoms with E-state index in [-0.39, 0.29) is 5.84 Å². The number of amidine groups is 1. The molecule has 0 saturated carbocycles. The summed E-state index contributed by atoms with van der Waals surface area (Å²) < 4.78 is 0. The summed E-state index contributed by atoms with van der Waals surface area (Å²) in [5.74, 6) is 2.03. The van der Waals surface area contributed by atoms with Crippen molar-refractivity contribution in [3.05, 3.63) is 29.3 Å². The minimum Gasteiger partial charge on any atom is -0.409 e. The van der Waals surface area contributed by atoms with E-state index in [2.05, 4.69) is 25.1 Å². The van der Waals surface area contributed by atoms with Crippen LogP contribution in [0.25, 0.3) is 0 Å². The molecule has 94 valence electrons. The lowest BCUT2D eigenvalue weighted by atomic mass is 10.1. The summed E-state index contributed by atoms with van der Waals surface area (Å²) in [5, 5.41) is 11.7. The standard InChI is InChI=1S/C13H20N2OS/c1-9(2)6-7-17-11-4-5-12(10(3)8-11)13(14)15-16/h4-5,8-9,16H,6-7H2,1-3H3,(H2,14,15). The fourth-order valence-electron chi connectivity index (χ4n) is 1.48. The Morgan fingerprint density at radius 1 is 1.47 bits per heavy atom. The molecule has 0 unspecified atom stereocenters. The number of aryl methyl sites for hydroxylation is 1. The number of rotatable bonds is 5. The first-order valence-corrected chi connectivity index (χ1v) is 6.74. The quantitative estimate of drug-likeness (QED) is 0.278. The average Bonchev–Trinajstić information content (AvgIpc) is 2.28. The van der Waals surface area contributed by atoms with Gasteiger partial charge in [-0.1, -0.05) is 19.0 Å². The van der Waals surface area contributed by atoms with E-state index in [1.807, 2.05) is 30.8 Å². The Hall–Kier alpha value is -1.16. The highest BCUT2D eigenvalue weighted by Crippen LogP contribution is 2.23. The van der Waals surface area contributed by atoms with Gasteiger partial charge in [0.05, 0.1) is 0 Å². The first-order chi connectivity index (χ1) is 8.04. The van der Waals surface area contributed by atoms with Crippen molar-refractivity contribution in [3.63, 3.8) is 0 Å². The molecule has 0 aliphatic heterocycles. The maximum Gasteiger partial charge on any atom is 0.170 e. The van der Waals surface area contributed by atoms with Gasteiger partial charge in [-0.15, -0.1) is 11.8 Å². The van der Waals surface area contributed by atoms with Crippen LogP contribution < -0.4 is 5.73 Å². The fourth-order valence-corrected chi connectivity index (χ4v) is 2.73. The van der Waals surface area contributed by atoms with E-state index >= 15 is 0 Å². The van der Waals surface area contributed by atoms with Crippen LogP contribution in [0.5, 0.6) is 0 Å². The Balaban J connectivity index is 2.69. The highest BCUT2D eigenvalue weighted by molar-refractivity contribution is 7.99. The molecule has 3 nitrogen and oxygen atoms in total. The van der Waals surface area contributed by atoms with Crippen LogP contribution in [0.1, 0.15) is 31.4 Å². The minimum absolute atomic E-state index is 0.168. The van der Waals surface area contributed by atoms with Crippen molar-refractivity contribution in [1.82, 2.24) is 0 Å². The summed E-state index contributed by atoms with van der Waals surface area (Å²) in [6.45, 7) is 6.43. The molecule has 0 amide bonds. The van der Waals surface area contributed by atoms with Crippen LogP contribution in [-0.4, -0.2) is 16.8 Å². The van der Waals surface area contributed by atoms with Crippen LogP contribution in [0.4, 0.5) is 0 Å². The summed E-state index contributed by atoms with van der Waals surface area (Å²) in [6, 6.07) is 6.01. The number of nitrogens with zero attached hydrogens (tertiary/aromatic N) is 1. The lowest BCUT2D eigenvalue weighted by Gasteiger charge is -2.08. The molecule has 0 aromatic heterocycles. The van der Waals surface area contributed by atoms with Gasteiger partial charge in [0.15, 0.2) is 5.84 Å². The van der Waals surface area contributed by atoms with Crippen molar-refractivity contribution in [1.29, 1.82) is 0 Å². The molecular weight excluding hydrogens is 232 g/mol. The van der Waals surface area contributed by atoms with E-state index in [0.717, 1.165) is 22.8 Å². The van der Waals surface area contributed by atoms with E-state index < -0.39 is 0 Å². The maximum absolute atomic E-state index is 8.64. The van der Waals surface area contributed by atoms with Crippen molar-refractivity contribution in [3.8, 4) is 0 Å². The van der Waals surface area contributed by atoms with Gasteiger partial charge in [-0.05, 0) is 48.8 Å². The monoisotopic (exact) mass is 252 g/mol. The van der Waals surface area contributed by atoms with Gasteiger partial charge in [-0.25, -0.2) is 0 Å². The van der Waals surface area contributed by atoms with Gasteiger partial charge in [0, 0.05) is 10.5 Å². The predicted octanol–water partition coefficient (Wildman–Crippen LogP) is 3.23. The van der Waals surface area contributed by atoms with E-state index in [1.165, 1.54) is 11.3 Å². The topological polar surface area (TPSA) is 58.6 Å². The summed E-state index contributed by atoms with van der Waals surface area (Å²) >= 11 is 1.85. The predicted molar refractivity (Wildman–Crippen MR) is 73.9 cm³/mol. The molecule has 0 aliphatic rings. The molecule has 3 N–H and O–H groups in total. The summed E-state index contributed by atoms with van der Waals surface area (Å²) in [5.41, 5.74) is 7.41. The molecule has 0 radical (unpaired) electrons. The normalized spacial score (nSPS) is 12.1. The smallest absolute Gasteiger partial charge is 0.170 e. The molecule has 1 rings (SSSR count). The summed E-state index contributed by atoms with van der Waals surface area (Å²) in [4.78, 5) is 1.23. The molecule has 17 heavy (non-hydrogen) atoms. The second-order valence-electron chi connectivity index (χ2n) is 4.49. The highest BCUT2D eigenvalue weighted by Gasteiger charge is 2.05. The van der Waals surface area contributed by atoms with Gasteiger partial charge in [-0.2, -0.15) is 0 Å². The molecular formula is C13H20N2OS. The number of thioether (sulfide) groups is 1. The first-order valence-electron chi connectivity index (χ1n) is 5.76. The maximum atomic E-state index is 8.64. The van der Waals surface area contributed by atoms with Crippen molar-refractivity contribution in [2.75, 3.05) is 5.75 Å². The molecule has 0 saturated heterocycles. The van der Waals surface area contributed by atoms with Gasteiger partial charge in [0.1, 0.15) is 0 Å². The van der Waals surface area contributed by atoms with Crippen molar-refractivity contribution in [2.24, 2.45) is 16.8 Å². The van der Waals surface area contributed by atoms with Crippen LogP contribution in [0.3, 0.4) is 0 Å². The molecule has 0 spiro atoms. The third-order valence-electron chi connectivity index (χ3n) is 2.55. The van der Waals surface area contributed by atoms with Crippen LogP contribution in [-0.2, 0) is 0 Å². The van der Waals surface area contributed by atoms with E-state index in [9.17, 15) is 0 Å². The number of benzene rings is 1. The number of oxime groups is 1. The van der Waals surface area contributed by atoms with Crippen molar-refractivity contribution >= 4 is 17.6 Å². The average molecular weight is 252 g/mol. The Bertz CT molecular complexity index is 402. The van der Waals surface area contributed by atoms with Gasteiger partial charge >= 0.3 is 0 Å². The largest absolute Gasteiger partial charge is 0.409 e. The van der Waals surface area contributed by atoms with Crippen LogP contribution >= 0.6 is 11.8 Å². The molecule has 0 heterocycles. The van der Waals surface area contributed by atoms with Crippen molar-refractivity contribution in [2.45, 2.75) is 32.1 Å². The van der Waals surface area contributed by atoms with Crippen LogP contribution in [0.15, 0.2) is 28.3 Å². The second kappa shape index (κ2) is 6.55. The first kappa shape index (κ1) is 13.9.